The van der Waals surface area contributed by atoms with E-state index in [1.807, 2.05) is 54.6 Å². The molecule has 3 rings (SSSR count). The summed E-state index contributed by atoms with van der Waals surface area (Å²) < 4.78 is 5.69. The van der Waals surface area contributed by atoms with Gasteiger partial charge in [-0.15, -0.1) is 0 Å². The van der Waals surface area contributed by atoms with Crippen molar-refractivity contribution in [2.45, 2.75) is 32.7 Å². The molecule has 1 atom stereocenters. The van der Waals surface area contributed by atoms with Crippen LogP contribution in [0.5, 0.6) is 5.75 Å². The number of unbranched alkanes of at least 4 members (excludes halogenated alkanes) is 1. The molecule has 2 aromatic rings. The van der Waals surface area contributed by atoms with Crippen LogP contribution in [0.4, 0.5) is 10.5 Å². The van der Waals surface area contributed by atoms with Crippen LogP contribution in [-0.4, -0.2) is 18.5 Å². The van der Waals surface area contributed by atoms with Crippen LogP contribution in [0.1, 0.15) is 38.3 Å². The van der Waals surface area contributed by atoms with Gasteiger partial charge >= 0.3 is 6.03 Å². The van der Waals surface area contributed by atoms with Gasteiger partial charge in [-0.3, -0.25) is 4.79 Å². The molecule has 1 aliphatic rings. The number of hydrogen-bond acceptors (Lipinski definition) is 3. The highest BCUT2D eigenvalue weighted by Crippen LogP contribution is 2.29. The van der Waals surface area contributed by atoms with Gasteiger partial charge in [0.2, 0.25) is 0 Å². The first-order valence-corrected chi connectivity index (χ1v) is 9.46. The topological polar surface area (TPSA) is 79.5 Å². The molecule has 1 aliphatic heterocycles. The molecule has 0 bridgehead atoms. The second-order valence-electron chi connectivity index (χ2n) is 6.66. The van der Waals surface area contributed by atoms with Crippen molar-refractivity contribution in [1.82, 2.24) is 10.6 Å². The molecule has 3 N–H and O–H groups in total. The van der Waals surface area contributed by atoms with Crippen LogP contribution in [0, 0.1) is 0 Å². The van der Waals surface area contributed by atoms with Gasteiger partial charge in [-0.25, -0.2) is 4.79 Å². The summed E-state index contributed by atoms with van der Waals surface area (Å²) in [5.41, 5.74) is 2.52. The molecule has 6 heteroatoms. The number of allylic oxidation sites excluding steroid dienone is 1. The number of hydrogen-bond donors (Lipinski definition) is 3. The van der Waals surface area contributed by atoms with E-state index < -0.39 is 6.04 Å². The van der Waals surface area contributed by atoms with Crippen molar-refractivity contribution in [3.05, 3.63) is 71.4 Å². The van der Waals surface area contributed by atoms with Gasteiger partial charge in [0.1, 0.15) is 5.75 Å². The Morgan fingerprint density at radius 1 is 1.11 bits per heavy atom. The average molecular weight is 379 g/mol. The van der Waals surface area contributed by atoms with E-state index in [0.717, 1.165) is 24.2 Å². The summed E-state index contributed by atoms with van der Waals surface area (Å²) in [6, 6.07) is 15.8. The van der Waals surface area contributed by atoms with Gasteiger partial charge in [0, 0.05) is 11.4 Å². The molecule has 0 fully saturated rings. The quantitative estimate of drug-likeness (QED) is 0.633. The summed E-state index contributed by atoms with van der Waals surface area (Å²) in [7, 11) is 0. The maximum Gasteiger partial charge on any atom is 0.319 e. The lowest BCUT2D eigenvalue weighted by Gasteiger charge is -2.28. The molecule has 0 aromatic heterocycles. The van der Waals surface area contributed by atoms with E-state index in [-0.39, 0.29) is 11.9 Å². The number of rotatable bonds is 7. The number of benzene rings is 2. The normalized spacial score (nSPS) is 16.2. The van der Waals surface area contributed by atoms with Crippen molar-refractivity contribution in [1.29, 1.82) is 0 Å². The predicted molar refractivity (Wildman–Crippen MR) is 109 cm³/mol. The molecule has 1 unspecified atom stereocenters. The number of carbonyl (C=O) groups is 2. The zero-order valence-corrected chi connectivity index (χ0v) is 16.1. The van der Waals surface area contributed by atoms with Crippen LogP contribution in [0.3, 0.4) is 0 Å². The van der Waals surface area contributed by atoms with Crippen LogP contribution in [-0.2, 0) is 4.79 Å². The third-order valence-corrected chi connectivity index (χ3v) is 4.53. The van der Waals surface area contributed by atoms with Crippen molar-refractivity contribution in [2.24, 2.45) is 0 Å². The molecular weight excluding hydrogens is 354 g/mol. The minimum atomic E-state index is -0.540. The average Bonchev–Trinajstić information content (AvgIpc) is 2.69. The van der Waals surface area contributed by atoms with Crippen molar-refractivity contribution in [3.8, 4) is 5.75 Å². The first-order chi connectivity index (χ1) is 13.6. The number of para-hydroxylation sites is 1. The SMILES string of the molecule is CCCCOc1ccc(C2NC(=O)NC(C)=C2C(=O)Nc2ccccc2)cc1. The highest BCUT2D eigenvalue weighted by atomic mass is 16.5. The van der Waals surface area contributed by atoms with Crippen LogP contribution >= 0.6 is 0 Å². The second-order valence-corrected chi connectivity index (χ2v) is 6.66. The van der Waals surface area contributed by atoms with Gasteiger partial charge in [-0.2, -0.15) is 0 Å². The summed E-state index contributed by atoms with van der Waals surface area (Å²) >= 11 is 0. The number of amides is 3. The Labute approximate surface area is 165 Å². The molecule has 2 aromatic carbocycles. The van der Waals surface area contributed by atoms with Gasteiger partial charge < -0.3 is 20.7 Å². The van der Waals surface area contributed by atoms with E-state index in [0.29, 0.717) is 23.6 Å². The summed E-state index contributed by atoms with van der Waals surface area (Å²) in [5.74, 6) is 0.512. The molecule has 0 saturated carbocycles. The zero-order valence-electron chi connectivity index (χ0n) is 16.1. The molecular formula is C22H25N3O3. The molecule has 0 radical (unpaired) electrons. The van der Waals surface area contributed by atoms with Crippen molar-refractivity contribution in [3.63, 3.8) is 0 Å². The summed E-state index contributed by atoms with van der Waals surface area (Å²) in [6.45, 7) is 4.51. The van der Waals surface area contributed by atoms with Crippen molar-refractivity contribution >= 4 is 17.6 Å². The van der Waals surface area contributed by atoms with Crippen LogP contribution in [0.2, 0.25) is 0 Å². The Hall–Kier alpha value is -3.28. The molecule has 0 saturated heterocycles. The molecule has 3 amide bonds. The van der Waals surface area contributed by atoms with Crippen molar-refractivity contribution in [2.75, 3.05) is 11.9 Å². The predicted octanol–water partition coefficient (Wildman–Crippen LogP) is 4.13. The Bertz CT molecular complexity index is 860. The summed E-state index contributed by atoms with van der Waals surface area (Å²) in [5, 5.41) is 8.42. The Balaban J connectivity index is 1.82. The molecule has 146 valence electrons. The molecule has 28 heavy (non-hydrogen) atoms. The minimum Gasteiger partial charge on any atom is -0.494 e. The lowest BCUT2D eigenvalue weighted by molar-refractivity contribution is -0.113. The Morgan fingerprint density at radius 2 is 1.82 bits per heavy atom. The number of ether oxygens (including phenoxy) is 1. The number of nitrogens with one attached hydrogen (secondary N) is 3. The van der Waals surface area contributed by atoms with E-state index in [1.165, 1.54) is 0 Å². The fraction of sp³-hybridized carbons (Fsp3) is 0.273. The van der Waals surface area contributed by atoms with Crippen LogP contribution in [0.25, 0.3) is 0 Å². The highest BCUT2D eigenvalue weighted by molar-refractivity contribution is 6.06. The molecule has 0 spiro atoms. The van der Waals surface area contributed by atoms with Gasteiger partial charge in [-0.1, -0.05) is 43.7 Å². The maximum absolute atomic E-state index is 12.9. The third kappa shape index (κ3) is 4.71. The van der Waals surface area contributed by atoms with Gasteiger partial charge in [0.15, 0.2) is 0 Å². The van der Waals surface area contributed by atoms with Crippen molar-refractivity contribution < 1.29 is 14.3 Å². The van der Waals surface area contributed by atoms with Crippen LogP contribution in [0.15, 0.2) is 65.9 Å². The highest BCUT2D eigenvalue weighted by Gasteiger charge is 2.31. The fourth-order valence-corrected chi connectivity index (χ4v) is 3.06. The zero-order chi connectivity index (χ0) is 19.9. The molecule has 1 heterocycles. The summed E-state index contributed by atoms with van der Waals surface area (Å²) in [6.07, 6.45) is 2.07. The third-order valence-electron chi connectivity index (χ3n) is 4.53. The number of anilines is 1. The molecule has 0 aliphatic carbocycles. The van der Waals surface area contributed by atoms with E-state index >= 15 is 0 Å². The number of urea groups is 1. The number of carbonyl (C=O) groups excluding carboxylic acids is 2. The Kier molecular flexibility index (Phi) is 6.32. The van der Waals surface area contributed by atoms with E-state index in [2.05, 4.69) is 22.9 Å². The lowest BCUT2D eigenvalue weighted by atomic mass is 9.94. The fourth-order valence-electron chi connectivity index (χ4n) is 3.06. The maximum atomic E-state index is 12.9. The lowest BCUT2D eigenvalue weighted by Crippen LogP contribution is -2.45. The smallest absolute Gasteiger partial charge is 0.319 e. The van der Waals surface area contributed by atoms with Crippen LogP contribution < -0.4 is 20.7 Å². The van der Waals surface area contributed by atoms with E-state index in [9.17, 15) is 9.59 Å². The second kappa shape index (κ2) is 9.08. The van der Waals surface area contributed by atoms with Gasteiger partial charge in [0.25, 0.3) is 5.91 Å². The standard InChI is InChI=1S/C22H25N3O3/c1-3-4-14-28-18-12-10-16(11-13-18)20-19(15(2)23-22(27)25-20)21(26)24-17-8-6-5-7-9-17/h5-13,20H,3-4,14H2,1-2H3,(H,24,26)(H2,23,25,27). The monoisotopic (exact) mass is 379 g/mol. The minimum absolute atomic E-state index is 0.260. The first-order valence-electron chi connectivity index (χ1n) is 9.46. The van der Waals surface area contributed by atoms with Gasteiger partial charge in [0.05, 0.1) is 18.2 Å². The first kappa shape index (κ1) is 19.5. The largest absolute Gasteiger partial charge is 0.494 e. The van der Waals surface area contributed by atoms with Gasteiger partial charge in [-0.05, 0) is 43.2 Å². The van der Waals surface area contributed by atoms with E-state index in [4.69, 9.17) is 4.74 Å². The molecule has 6 nitrogen and oxygen atoms in total. The van der Waals surface area contributed by atoms with E-state index in [1.54, 1.807) is 6.92 Å². The summed E-state index contributed by atoms with van der Waals surface area (Å²) in [4.78, 5) is 24.9. The Morgan fingerprint density at radius 3 is 2.50 bits per heavy atom.